The van der Waals surface area contributed by atoms with E-state index in [0.29, 0.717) is 11.5 Å². The molecule has 1 unspecified atom stereocenters. The van der Waals surface area contributed by atoms with Crippen LogP contribution in [0.3, 0.4) is 0 Å². The highest BCUT2D eigenvalue weighted by atomic mass is 16.5. The summed E-state index contributed by atoms with van der Waals surface area (Å²) in [6.45, 7) is 14.0. The molecule has 0 heterocycles. The van der Waals surface area contributed by atoms with Gasteiger partial charge in [0.2, 0.25) is 0 Å². The molecule has 0 radical (unpaired) electrons. The van der Waals surface area contributed by atoms with E-state index in [1.807, 2.05) is 26.0 Å². The first-order valence-corrected chi connectivity index (χ1v) is 6.78. The molecule has 1 atom stereocenters. The third kappa shape index (κ3) is 5.09. The summed E-state index contributed by atoms with van der Waals surface area (Å²) in [6, 6.07) is 8.82. The maximum atomic E-state index is 5.63. The lowest BCUT2D eigenvalue weighted by atomic mass is 9.88. The van der Waals surface area contributed by atoms with Gasteiger partial charge < -0.3 is 10.1 Å². The number of ether oxygens (including phenoxy) is 1. The highest BCUT2D eigenvalue weighted by Gasteiger charge is 2.18. The Bertz CT molecular complexity index is 348. The Morgan fingerprint density at radius 3 is 2.06 bits per heavy atom. The van der Waals surface area contributed by atoms with Crippen LogP contribution >= 0.6 is 0 Å². The molecule has 1 aromatic rings. The Labute approximate surface area is 112 Å². The summed E-state index contributed by atoms with van der Waals surface area (Å²) in [6.07, 6.45) is 0.231. The Hall–Kier alpha value is -1.02. The van der Waals surface area contributed by atoms with Crippen LogP contribution in [0.15, 0.2) is 24.3 Å². The quantitative estimate of drug-likeness (QED) is 0.851. The van der Waals surface area contributed by atoms with Gasteiger partial charge in [0, 0.05) is 12.6 Å². The molecular formula is C16H27NO. The van der Waals surface area contributed by atoms with Crippen molar-refractivity contribution in [3.63, 3.8) is 0 Å². The van der Waals surface area contributed by atoms with Gasteiger partial charge in [-0.1, -0.05) is 32.9 Å². The van der Waals surface area contributed by atoms with Gasteiger partial charge in [-0.2, -0.15) is 0 Å². The molecule has 102 valence electrons. The van der Waals surface area contributed by atoms with Crippen molar-refractivity contribution in [2.45, 2.75) is 60.2 Å². The molecule has 0 aromatic heterocycles. The molecule has 0 amide bonds. The first-order chi connectivity index (χ1) is 8.29. The lowest BCUT2D eigenvalue weighted by molar-refractivity contribution is 0.242. The van der Waals surface area contributed by atoms with Crippen molar-refractivity contribution in [3.8, 4) is 5.75 Å². The molecule has 0 saturated heterocycles. The van der Waals surface area contributed by atoms with Gasteiger partial charge in [-0.3, -0.25) is 0 Å². The number of hydrogen-bond acceptors (Lipinski definition) is 2. The van der Waals surface area contributed by atoms with E-state index in [4.69, 9.17) is 4.74 Å². The number of benzene rings is 1. The van der Waals surface area contributed by atoms with Crippen LogP contribution in [-0.4, -0.2) is 12.1 Å². The highest BCUT2D eigenvalue weighted by Crippen LogP contribution is 2.19. The molecule has 2 nitrogen and oxygen atoms in total. The van der Waals surface area contributed by atoms with E-state index in [1.165, 1.54) is 5.56 Å². The maximum Gasteiger partial charge on any atom is 0.119 e. The zero-order valence-corrected chi connectivity index (χ0v) is 12.6. The van der Waals surface area contributed by atoms with Gasteiger partial charge in [-0.15, -0.1) is 0 Å². The first-order valence-electron chi connectivity index (χ1n) is 6.78. The number of hydrogen-bond donors (Lipinski definition) is 1. The lowest BCUT2D eigenvalue weighted by Crippen LogP contribution is -2.37. The van der Waals surface area contributed by atoms with Crippen LogP contribution in [-0.2, 0) is 6.54 Å². The van der Waals surface area contributed by atoms with E-state index in [2.05, 4.69) is 45.1 Å². The number of nitrogens with one attached hydrogen (secondary N) is 1. The Balaban J connectivity index is 2.49. The Morgan fingerprint density at radius 2 is 1.61 bits per heavy atom. The first kappa shape index (κ1) is 15.0. The van der Waals surface area contributed by atoms with Crippen LogP contribution < -0.4 is 10.1 Å². The molecule has 1 aromatic carbocycles. The standard InChI is InChI=1S/C16H27NO/c1-12(2)18-15-9-7-14(8-10-15)11-17-13(3)16(4,5)6/h7-10,12-13,17H,11H2,1-6H3. The van der Waals surface area contributed by atoms with Gasteiger partial charge in [0.1, 0.15) is 5.75 Å². The second kappa shape index (κ2) is 6.24. The minimum atomic E-state index is 0.231. The third-order valence-corrected chi connectivity index (χ3v) is 3.21. The van der Waals surface area contributed by atoms with Crippen LogP contribution in [0.25, 0.3) is 0 Å². The summed E-state index contributed by atoms with van der Waals surface area (Å²) in [5.41, 5.74) is 1.59. The van der Waals surface area contributed by atoms with Crippen molar-refractivity contribution in [3.05, 3.63) is 29.8 Å². The van der Waals surface area contributed by atoms with E-state index in [1.54, 1.807) is 0 Å². The monoisotopic (exact) mass is 249 g/mol. The summed E-state index contributed by atoms with van der Waals surface area (Å²) < 4.78 is 5.63. The highest BCUT2D eigenvalue weighted by molar-refractivity contribution is 5.27. The van der Waals surface area contributed by atoms with Crippen LogP contribution in [0.1, 0.15) is 47.1 Å². The fourth-order valence-corrected chi connectivity index (χ4v) is 1.54. The van der Waals surface area contributed by atoms with Crippen molar-refractivity contribution in [1.29, 1.82) is 0 Å². The molecular weight excluding hydrogens is 222 g/mol. The maximum absolute atomic E-state index is 5.63. The fraction of sp³-hybridized carbons (Fsp3) is 0.625. The number of rotatable bonds is 5. The van der Waals surface area contributed by atoms with E-state index >= 15 is 0 Å². The largest absolute Gasteiger partial charge is 0.491 e. The van der Waals surface area contributed by atoms with Gasteiger partial charge in [0.15, 0.2) is 0 Å². The van der Waals surface area contributed by atoms with Gasteiger partial charge in [-0.25, -0.2) is 0 Å². The molecule has 1 rings (SSSR count). The summed E-state index contributed by atoms with van der Waals surface area (Å²) in [4.78, 5) is 0. The van der Waals surface area contributed by atoms with E-state index in [-0.39, 0.29) is 6.10 Å². The van der Waals surface area contributed by atoms with E-state index in [9.17, 15) is 0 Å². The van der Waals surface area contributed by atoms with Gasteiger partial charge in [0.25, 0.3) is 0 Å². The van der Waals surface area contributed by atoms with Crippen molar-refractivity contribution < 1.29 is 4.74 Å². The molecule has 0 aliphatic carbocycles. The Morgan fingerprint density at radius 1 is 1.06 bits per heavy atom. The van der Waals surface area contributed by atoms with Crippen molar-refractivity contribution in [2.24, 2.45) is 5.41 Å². The van der Waals surface area contributed by atoms with Gasteiger partial charge in [0.05, 0.1) is 6.10 Å². The Kier molecular flexibility index (Phi) is 5.21. The third-order valence-electron chi connectivity index (χ3n) is 3.21. The zero-order chi connectivity index (χ0) is 13.8. The summed E-state index contributed by atoms with van der Waals surface area (Å²) >= 11 is 0. The molecule has 2 heteroatoms. The molecule has 0 saturated carbocycles. The second-order valence-electron chi connectivity index (χ2n) is 6.28. The molecule has 0 bridgehead atoms. The van der Waals surface area contributed by atoms with Crippen LogP contribution in [0.4, 0.5) is 0 Å². The van der Waals surface area contributed by atoms with E-state index < -0.39 is 0 Å². The van der Waals surface area contributed by atoms with Crippen LogP contribution in [0.2, 0.25) is 0 Å². The molecule has 1 N–H and O–H groups in total. The van der Waals surface area contributed by atoms with E-state index in [0.717, 1.165) is 12.3 Å². The molecule has 0 aliphatic heterocycles. The molecule has 0 fully saturated rings. The molecule has 18 heavy (non-hydrogen) atoms. The topological polar surface area (TPSA) is 21.3 Å². The lowest BCUT2D eigenvalue weighted by Gasteiger charge is -2.28. The fourth-order valence-electron chi connectivity index (χ4n) is 1.54. The predicted molar refractivity (Wildman–Crippen MR) is 78.0 cm³/mol. The van der Waals surface area contributed by atoms with Gasteiger partial charge in [-0.05, 0) is 43.9 Å². The summed E-state index contributed by atoms with van der Waals surface area (Å²) in [7, 11) is 0. The minimum absolute atomic E-state index is 0.231. The van der Waals surface area contributed by atoms with Crippen molar-refractivity contribution in [2.75, 3.05) is 0 Å². The van der Waals surface area contributed by atoms with Crippen LogP contribution in [0.5, 0.6) is 5.75 Å². The van der Waals surface area contributed by atoms with Crippen molar-refractivity contribution >= 4 is 0 Å². The SMILES string of the molecule is CC(C)Oc1ccc(CNC(C)C(C)(C)C)cc1. The average Bonchev–Trinajstić information content (AvgIpc) is 2.25. The van der Waals surface area contributed by atoms with Crippen molar-refractivity contribution in [1.82, 2.24) is 5.32 Å². The smallest absolute Gasteiger partial charge is 0.119 e. The minimum Gasteiger partial charge on any atom is -0.491 e. The summed E-state index contributed by atoms with van der Waals surface area (Å²) in [5.74, 6) is 0.942. The predicted octanol–water partition coefficient (Wildman–Crippen LogP) is 4.00. The normalized spacial score (nSPS) is 13.7. The average molecular weight is 249 g/mol. The summed E-state index contributed by atoms with van der Waals surface area (Å²) in [5, 5.41) is 3.56. The molecule has 0 aliphatic rings. The van der Waals surface area contributed by atoms with Gasteiger partial charge >= 0.3 is 0 Å². The second-order valence-corrected chi connectivity index (χ2v) is 6.28. The van der Waals surface area contributed by atoms with Crippen LogP contribution in [0, 0.1) is 5.41 Å². The zero-order valence-electron chi connectivity index (χ0n) is 12.6. The molecule has 0 spiro atoms.